The van der Waals surface area contributed by atoms with Crippen LogP contribution in [-0.2, 0) is 19.4 Å². The number of hydrogen-bond donors (Lipinski definition) is 1. The third-order valence-electron chi connectivity index (χ3n) is 4.11. The largest absolute Gasteiger partial charge is 0.312 e. The Hall–Kier alpha value is -1.60. The molecule has 2 aromatic carbocycles. The molecule has 1 aliphatic rings. The van der Waals surface area contributed by atoms with E-state index < -0.39 is 0 Å². The lowest BCUT2D eigenvalue weighted by atomic mass is 9.86. The van der Waals surface area contributed by atoms with Gasteiger partial charge in [-0.05, 0) is 35.1 Å². The van der Waals surface area contributed by atoms with Crippen LogP contribution in [0.25, 0.3) is 0 Å². The highest BCUT2D eigenvalue weighted by Crippen LogP contribution is 2.27. The van der Waals surface area contributed by atoms with Gasteiger partial charge in [-0.3, -0.25) is 0 Å². The van der Waals surface area contributed by atoms with Crippen LogP contribution in [0, 0.1) is 0 Å². The van der Waals surface area contributed by atoms with Crippen molar-refractivity contribution >= 4 is 0 Å². The molecule has 0 amide bonds. The summed E-state index contributed by atoms with van der Waals surface area (Å²) >= 11 is 0. The van der Waals surface area contributed by atoms with Gasteiger partial charge in [-0.25, -0.2) is 0 Å². The molecule has 1 aliphatic heterocycles. The summed E-state index contributed by atoms with van der Waals surface area (Å²) in [4.78, 5) is 0. The highest BCUT2D eigenvalue weighted by atomic mass is 14.9. The average Bonchev–Trinajstić information content (AvgIpc) is 2.48. The Balaban J connectivity index is 1.80. The standard InChI is InChI=1S/C18H21N/c1-2-14-7-9-15(10-8-14)11-17-13-19-12-16-5-3-4-6-18(16)17/h3-10,17,19H,2,11-13H2,1H3. The van der Waals surface area contributed by atoms with E-state index in [0.29, 0.717) is 5.92 Å². The fourth-order valence-electron chi connectivity index (χ4n) is 2.96. The van der Waals surface area contributed by atoms with Crippen LogP contribution in [0.3, 0.4) is 0 Å². The first-order valence-electron chi connectivity index (χ1n) is 7.23. The number of hydrogen-bond acceptors (Lipinski definition) is 1. The zero-order chi connectivity index (χ0) is 13.1. The highest BCUT2D eigenvalue weighted by molar-refractivity contribution is 5.34. The molecule has 0 radical (unpaired) electrons. The number of aryl methyl sites for hydroxylation is 1. The number of rotatable bonds is 3. The predicted molar refractivity (Wildman–Crippen MR) is 80.4 cm³/mol. The predicted octanol–water partition coefficient (Wildman–Crippen LogP) is 3.68. The summed E-state index contributed by atoms with van der Waals surface area (Å²) in [7, 11) is 0. The molecule has 2 aromatic rings. The first-order valence-corrected chi connectivity index (χ1v) is 7.23. The van der Waals surface area contributed by atoms with Crippen molar-refractivity contribution in [2.24, 2.45) is 0 Å². The van der Waals surface area contributed by atoms with E-state index in [0.717, 1.165) is 25.9 Å². The summed E-state index contributed by atoms with van der Waals surface area (Å²) in [5.41, 5.74) is 5.86. The van der Waals surface area contributed by atoms with E-state index in [1.807, 2.05) is 0 Å². The second-order valence-corrected chi connectivity index (χ2v) is 5.40. The Labute approximate surface area is 115 Å². The molecular formula is C18H21N. The Morgan fingerprint density at radius 3 is 2.53 bits per heavy atom. The molecule has 1 nitrogen and oxygen atoms in total. The molecule has 1 heterocycles. The number of benzene rings is 2. The van der Waals surface area contributed by atoms with Gasteiger partial charge in [-0.15, -0.1) is 0 Å². The summed E-state index contributed by atoms with van der Waals surface area (Å²) in [6, 6.07) is 17.9. The van der Waals surface area contributed by atoms with Crippen LogP contribution in [0.2, 0.25) is 0 Å². The maximum absolute atomic E-state index is 3.53. The molecule has 0 bridgehead atoms. The van der Waals surface area contributed by atoms with Crippen LogP contribution in [-0.4, -0.2) is 6.54 Å². The van der Waals surface area contributed by atoms with Gasteiger partial charge >= 0.3 is 0 Å². The van der Waals surface area contributed by atoms with Gasteiger partial charge in [0.05, 0.1) is 0 Å². The molecule has 3 rings (SSSR count). The Kier molecular flexibility index (Phi) is 3.65. The van der Waals surface area contributed by atoms with E-state index in [4.69, 9.17) is 0 Å². The van der Waals surface area contributed by atoms with Crippen molar-refractivity contribution in [1.29, 1.82) is 0 Å². The van der Waals surface area contributed by atoms with E-state index >= 15 is 0 Å². The van der Waals surface area contributed by atoms with Gasteiger partial charge in [0.25, 0.3) is 0 Å². The molecule has 0 aliphatic carbocycles. The monoisotopic (exact) mass is 251 g/mol. The third-order valence-corrected chi connectivity index (χ3v) is 4.11. The third kappa shape index (κ3) is 2.71. The van der Waals surface area contributed by atoms with Crippen molar-refractivity contribution in [3.63, 3.8) is 0 Å². The lowest BCUT2D eigenvalue weighted by Gasteiger charge is -2.26. The zero-order valence-corrected chi connectivity index (χ0v) is 11.5. The molecule has 0 spiro atoms. The van der Waals surface area contributed by atoms with Crippen LogP contribution in [0.4, 0.5) is 0 Å². The summed E-state index contributed by atoms with van der Waals surface area (Å²) in [6.45, 7) is 4.31. The van der Waals surface area contributed by atoms with E-state index in [-0.39, 0.29) is 0 Å². The average molecular weight is 251 g/mol. The van der Waals surface area contributed by atoms with Gasteiger partial charge in [-0.2, -0.15) is 0 Å². The van der Waals surface area contributed by atoms with Crippen LogP contribution in [0.5, 0.6) is 0 Å². The molecule has 0 aromatic heterocycles. The van der Waals surface area contributed by atoms with Crippen LogP contribution in [0.15, 0.2) is 48.5 Å². The molecule has 0 saturated carbocycles. The van der Waals surface area contributed by atoms with Gasteiger partial charge in [0.15, 0.2) is 0 Å². The molecule has 98 valence electrons. The SMILES string of the molecule is CCc1ccc(CC2CNCc3ccccc32)cc1. The van der Waals surface area contributed by atoms with E-state index in [1.165, 1.54) is 22.3 Å². The fraction of sp³-hybridized carbons (Fsp3) is 0.333. The van der Waals surface area contributed by atoms with Crippen molar-refractivity contribution in [3.8, 4) is 0 Å². The number of fused-ring (bicyclic) bond motifs is 1. The van der Waals surface area contributed by atoms with Gasteiger partial charge in [0.2, 0.25) is 0 Å². The smallest absolute Gasteiger partial charge is 0.0208 e. The molecule has 1 N–H and O–H groups in total. The summed E-state index contributed by atoms with van der Waals surface area (Å²) in [5.74, 6) is 0.609. The first-order chi connectivity index (χ1) is 9.36. The van der Waals surface area contributed by atoms with Crippen molar-refractivity contribution in [2.75, 3.05) is 6.54 Å². The van der Waals surface area contributed by atoms with Crippen molar-refractivity contribution < 1.29 is 0 Å². The van der Waals surface area contributed by atoms with E-state index in [1.54, 1.807) is 0 Å². The van der Waals surface area contributed by atoms with E-state index in [9.17, 15) is 0 Å². The summed E-state index contributed by atoms with van der Waals surface area (Å²) in [5, 5.41) is 3.53. The number of nitrogens with one attached hydrogen (secondary N) is 1. The van der Waals surface area contributed by atoms with Crippen LogP contribution in [0.1, 0.15) is 35.1 Å². The highest BCUT2D eigenvalue weighted by Gasteiger charge is 2.19. The van der Waals surface area contributed by atoms with Crippen molar-refractivity contribution in [2.45, 2.75) is 32.2 Å². The lowest BCUT2D eigenvalue weighted by Crippen LogP contribution is -2.29. The second-order valence-electron chi connectivity index (χ2n) is 5.40. The molecule has 1 atom stereocenters. The second kappa shape index (κ2) is 5.58. The fourth-order valence-corrected chi connectivity index (χ4v) is 2.96. The minimum atomic E-state index is 0.609. The Bertz CT molecular complexity index is 542. The van der Waals surface area contributed by atoms with Crippen LogP contribution >= 0.6 is 0 Å². The van der Waals surface area contributed by atoms with E-state index in [2.05, 4.69) is 60.8 Å². The molecule has 0 fully saturated rings. The lowest BCUT2D eigenvalue weighted by molar-refractivity contribution is 0.539. The molecular weight excluding hydrogens is 230 g/mol. The van der Waals surface area contributed by atoms with Gasteiger partial charge < -0.3 is 5.32 Å². The Morgan fingerprint density at radius 2 is 1.74 bits per heavy atom. The Morgan fingerprint density at radius 1 is 1.00 bits per heavy atom. The normalized spacial score (nSPS) is 18.1. The topological polar surface area (TPSA) is 12.0 Å². The van der Waals surface area contributed by atoms with Crippen molar-refractivity contribution in [1.82, 2.24) is 5.32 Å². The van der Waals surface area contributed by atoms with Crippen molar-refractivity contribution in [3.05, 3.63) is 70.8 Å². The minimum absolute atomic E-state index is 0.609. The summed E-state index contributed by atoms with van der Waals surface area (Å²) in [6.07, 6.45) is 2.25. The maximum atomic E-state index is 3.53. The molecule has 19 heavy (non-hydrogen) atoms. The summed E-state index contributed by atoms with van der Waals surface area (Å²) < 4.78 is 0. The quantitative estimate of drug-likeness (QED) is 0.877. The molecule has 1 heteroatoms. The maximum Gasteiger partial charge on any atom is 0.0208 e. The molecule has 1 unspecified atom stereocenters. The van der Waals surface area contributed by atoms with Gasteiger partial charge in [0, 0.05) is 19.0 Å². The minimum Gasteiger partial charge on any atom is -0.312 e. The first kappa shape index (κ1) is 12.4. The van der Waals surface area contributed by atoms with Gasteiger partial charge in [0.1, 0.15) is 0 Å². The van der Waals surface area contributed by atoms with Crippen LogP contribution < -0.4 is 5.32 Å². The zero-order valence-electron chi connectivity index (χ0n) is 11.5. The molecule has 0 saturated heterocycles. The van der Waals surface area contributed by atoms with Gasteiger partial charge in [-0.1, -0.05) is 55.5 Å².